The summed E-state index contributed by atoms with van der Waals surface area (Å²) >= 11 is 4.10. The zero-order valence-electron chi connectivity index (χ0n) is 10.8. The van der Waals surface area contributed by atoms with E-state index < -0.39 is 9.84 Å². The standard InChI is InChI=1S/C15H11NO3S2/c17-21(18,12-9-5-2-6-10-12)14-15(20)19-13(16-14)11-7-3-1-4-8-11/h1-10,20H. The number of thiol groups is 1. The first-order valence-electron chi connectivity index (χ1n) is 6.14. The summed E-state index contributed by atoms with van der Waals surface area (Å²) in [5, 5.41) is -0.186. The summed E-state index contributed by atoms with van der Waals surface area (Å²) < 4.78 is 30.4. The lowest BCUT2D eigenvalue weighted by atomic mass is 10.2. The van der Waals surface area contributed by atoms with Crippen LogP contribution in [-0.2, 0) is 9.84 Å². The molecule has 0 N–H and O–H groups in total. The van der Waals surface area contributed by atoms with Crippen LogP contribution in [0, 0.1) is 0 Å². The Morgan fingerprint density at radius 2 is 1.48 bits per heavy atom. The second-order valence-electron chi connectivity index (χ2n) is 4.31. The molecule has 0 aliphatic carbocycles. The highest BCUT2D eigenvalue weighted by atomic mass is 32.2. The van der Waals surface area contributed by atoms with Crippen LogP contribution in [0.3, 0.4) is 0 Å². The summed E-state index contributed by atoms with van der Waals surface area (Å²) in [5.74, 6) is 0.232. The molecule has 106 valence electrons. The maximum atomic E-state index is 12.5. The van der Waals surface area contributed by atoms with Gasteiger partial charge in [0.15, 0.2) is 5.09 Å². The number of benzene rings is 2. The highest BCUT2D eigenvalue weighted by molar-refractivity contribution is 7.92. The average molecular weight is 317 g/mol. The Morgan fingerprint density at radius 1 is 0.905 bits per heavy atom. The average Bonchev–Trinajstić information content (AvgIpc) is 2.92. The summed E-state index contributed by atoms with van der Waals surface area (Å²) in [7, 11) is -3.74. The van der Waals surface area contributed by atoms with Crippen LogP contribution in [0.5, 0.6) is 0 Å². The SMILES string of the molecule is O=S(=O)(c1ccccc1)c1nc(-c2ccccc2)oc1S. The topological polar surface area (TPSA) is 60.2 Å². The van der Waals surface area contributed by atoms with Crippen molar-refractivity contribution < 1.29 is 12.8 Å². The molecule has 0 amide bonds. The molecule has 0 radical (unpaired) electrons. The van der Waals surface area contributed by atoms with Gasteiger partial charge in [-0.3, -0.25) is 0 Å². The van der Waals surface area contributed by atoms with Gasteiger partial charge in [-0.25, -0.2) is 8.42 Å². The number of aromatic nitrogens is 1. The highest BCUT2D eigenvalue weighted by Gasteiger charge is 2.26. The monoisotopic (exact) mass is 317 g/mol. The molecule has 0 spiro atoms. The van der Waals surface area contributed by atoms with Crippen molar-refractivity contribution in [3.8, 4) is 11.5 Å². The number of hydrogen-bond donors (Lipinski definition) is 1. The number of oxazole rings is 1. The summed E-state index contributed by atoms with van der Waals surface area (Å²) in [6.45, 7) is 0. The molecule has 3 rings (SSSR count). The van der Waals surface area contributed by atoms with Crippen molar-refractivity contribution in [2.75, 3.05) is 0 Å². The van der Waals surface area contributed by atoms with E-state index in [1.54, 1.807) is 30.3 Å². The summed E-state index contributed by atoms with van der Waals surface area (Å²) in [4.78, 5) is 4.26. The Morgan fingerprint density at radius 3 is 2.10 bits per heavy atom. The molecule has 0 atom stereocenters. The van der Waals surface area contributed by atoms with Crippen LogP contribution in [-0.4, -0.2) is 13.4 Å². The Hall–Kier alpha value is -2.05. The molecule has 1 heterocycles. The van der Waals surface area contributed by atoms with Crippen molar-refractivity contribution in [1.29, 1.82) is 0 Å². The Labute approximate surface area is 127 Å². The van der Waals surface area contributed by atoms with Crippen LogP contribution in [0.4, 0.5) is 0 Å². The molecule has 2 aromatic carbocycles. The minimum absolute atomic E-state index is 0.0160. The van der Waals surface area contributed by atoms with Gasteiger partial charge in [0.05, 0.1) is 4.90 Å². The predicted molar refractivity (Wildman–Crippen MR) is 81.1 cm³/mol. The lowest BCUT2D eigenvalue weighted by Gasteiger charge is -2.00. The molecular weight excluding hydrogens is 306 g/mol. The Bertz CT molecular complexity index is 856. The van der Waals surface area contributed by atoms with Gasteiger partial charge in [0.1, 0.15) is 0 Å². The van der Waals surface area contributed by atoms with Crippen LogP contribution in [0.25, 0.3) is 11.5 Å². The van der Waals surface area contributed by atoms with Gasteiger partial charge in [0.25, 0.3) is 0 Å². The van der Waals surface area contributed by atoms with E-state index in [0.29, 0.717) is 5.56 Å². The molecule has 0 bridgehead atoms. The van der Waals surface area contributed by atoms with Gasteiger partial charge >= 0.3 is 0 Å². The quantitative estimate of drug-likeness (QED) is 0.752. The molecule has 0 fully saturated rings. The van der Waals surface area contributed by atoms with Crippen LogP contribution in [0.2, 0.25) is 0 Å². The Kier molecular flexibility index (Phi) is 3.57. The highest BCUT2D eigenvalue weighted by Crippen LogP contribution is 2.30. The third kappa shape index (κ3) is 2.59. The van der Waals surface area contributed by atoms with E-state index in [9.17, 15) is 8.42 Å². The molecule has 1 aromatic heterocycles. The van der Waals surface area contributed by atoms with E-state index in [1.165, 1.54) is 12.1 Å². The molecule has 0 unspecified atom stereocenters. The molecule has 21 heavy (non-hydrogen) atoms. The zero-order valence-corrected chi connectivity index (χ0v) is 12.5. The van der Waals surface area contributed by atoms with Gasteiger partial charge < -0.3 is 4.42 Å². The fraction of sp³-hybridized carbons (Fsp3) is 0. The molecule has 0 saturated carbocycles. The third-order valence-electron chi connectivity index (χ3n) is 2.91. The van der Waals surface area contributed by atoms with Crippen molar-refractivity contribution in [3.63, 3.8) is 0 Å². The van der Waals surface area contributed by atoms with Crippen molar-refractivity contribution in [1.82, 2.24) is 4.98 Å². The van der Waals surface area contributed by atoms with Gasteiger partial charge in [0, 0.05) is 5.56 Å². The van der Waals surface area contributed by atoms with Crippen LogP contribution in [0.1, 0.15) is 0 Å². The number of hydrogen-bond acceptors (Lipinski definition) is 5. The van der Waals surface area contributed by atoms with Crippen LogP contribution in [0.15, 0.2) is 80.1 Å². The molecule has 6 heteroatoms. The number of sulfone groups is 1. The fourth-order valence-corrected chi connectivity index (χ4v) is 3.60. The summed E-state index contributed by atoms with van der Waals surface area (Å²) in [6.07, 6.45) is 0. The van der Waals surface area contributed by atoms with Crippen molar-refractivity contribution in [3.05, 3.63) is 60.7 Å². The van der Waals surface area contributed by atoms with E-state index in [-0.39, 0.29) is 20.9 Å². The first-order valence-corrected chi connectivity index (χ1v) is 8.07. The second-order valence-corrected chi connectivity index (χ2v) is 6.58. The van der Waals surface area contributed by atoms with Crippen molar-refractivity contribution >= 4 is 22.5 Å². The maximum Gasteiger partial charge on any atom is 0.228 e. The summed E-state index contributed by atoms with van der Waals surface area (Å²) in [5.41, 5.74) is 0.697. The fourth-order valence-electron chi connectivity index (χ4n) is 1.89. The van der Waals surface area contributed by atoms with Gasteiger partial charge in [-0.1, -0.05) is 36.4 Å². The van der Waals surface area contributed by atoms with Gasteiger partial charge in [-0.2, -0.15) is 4.98 Å². The predicted octanol–water partition coefficient (Wildman–Crippen LogP) is 3.46. The van der Waals surface area contributed by atoms with E-state index in [4.69, 9.17) is 4.42 Å². The molecular formula is C15H11NO3S2. The minimum Gasteiger partial charge on any atom is -0.429 e. The van der Waals surface area contributed by atoms with Gasteiger partial charge in [-0.15, -0.1) is 12.6 Å². The van der Waals surface area contributed by atoms with E-state index in [1.807, 2.05) is 18.2 Å². The van der Waals surface area contributed by atoms with Crippen molar-refractivity contribution in [2.45, 2.75) is 15.0 Å². The zero-order chi connectivity index (χ0) is 14.9. The normalized spacial score (nSPS) is 11.5. The lowest BCUT2D eigenvalue weighted by Crippen LogP contribution is -2.03. The van der Waals surface area contributed by atoms with E-state index >= 15 is 0 Å². The maximum absolute atomic E-state index is 12.5. The van der Waals surface area contributed by atoms with Gasteiger partial charge in [-0.05, 0) is 24.3 Å². The molecule has 0 aliphatic heterocycles. The first-order chi connectivity index (χ1) is 10.1. The molecule has 4 nitrogen and oxygen atoms in total. The van der Waals surface area contributed by atoms with E-state index in [0.717, 1.165) is 0 Å². The second kappa shape index (κ2) is 5.38. The number of nitrogens with zero attached hydrogens (tertiary/aromatic N) is 1. The molecule has 0 aliphatic rings. The van der Waals surface area contributed by atoms with Crippen LogP contribution >= 0.6 is 12.6 Å². The smallest absolute Gasteiger partial charge is 0.228 e. The van der Waals surface area contributed by atoms with Crippen LogP contribution < -0.4 is 0 Å². The minimum atomic E-state index is -3.74. The lowest BCUT2D eigenvalue weighted by molar-refractivity contribution is 0.472. The first kappa shape index (κ1) is 13.9. The largest absolute Gasteiger partial charge is 0.429 e. The summed E-state index contributed by atoms with van der Waals surface area (Å²) in [6, 6.07) is 17.2. The van der Waals surface area contributed by atoms with Gasteiger partial charge in [0.2, 0.25) is 20.8 Å². The molecule has 3 aromatic rings. The van der Waals surface area contributed by atoms with E-state index in [2.05, 4.69) is 17.6 Å². The Balaban J connectivity index is 2.11. The number of rotatable bonds is 3. The molecule has 0 saturated heterocycles. The third-order valence-corrected chi connectivity index (χ3v) is 5.04. The van der Waals surface area contributed by atoms with Crippen molar-refractivity contribution in [2.24, 2.45) is 0 Å².